The molecule has 0 aromatic heterocycles. The van der Waals surface area contributed by atoms with E-state index in [1.54, 1.807) is 31.2 Å². The van der Waals surface area contributed by atoms with Crippen LogP contribution in [0.2, 0.25) is 0 Å². The summed E-state index contributed by atoms with van der Waals surface area (Å²) < 4.78 is 68.2. The van der Waals surface area contributed by atoms with Crippen LogP contribution < -0.4 is 10.2 Å². The van der Waals surface area contributed by atoms with Crippen LogP contribution >= 0.6 is 0 Å². The lowest BCUT2D eigenvalue weighted by atomic mass is 10.0. The fourth-order valence-corrected chi connectivity index (χ4v) is 4.98. The van der Waals surface area contributed by atoms with Crippen LogP contribution in [0.1, 0.15) is 29.7 Å². The van der Waals surface area contributed by atoms with E-state index in [1.165, 1.54) is 24.3 Å². The molecule has 37 heavy (non-hydrogen) atoms. The van der Waals surface area contributed by atoms with Crippen molar-refractivity contribution in [3.63, 3.8) is 0 Å². The lowest BCUT2D eigenvalue weighted by molar-refractivity contribution is -0.137. The first-order chi connectivity index (χ1) is 17.5. The predicted molar refractivity (Wildman–Crippen MR) is 135 cm³/mol. The Morgan fingerprint density at radius 3 is 2.24 bits per heavy atom. The van der Waals surface area contributed by atoms with Gasteiger partial charge in [0.15, 0.2) is 9.84 Å². The van der Waals surface area contributed by atoms with Crippen molar-refractivity contribution in [2.24, 2.45) is 0 Å². The zero-order valence-corrected chi connectivity index (χ0v) is 21.0. The molecule has 1 atom stereocenters. The van der Waals surface area contributed by atoms with E-state index in [1.807, 2.05) is 12.1 Å². The second kappa shape index (κ2) is 10.9. The molecule has 0 saturated carbocycles. The van der Waals surface area contributed by atoms with Gasteiger partial charge >= 0.3 is 6.18 Å². The van der Waals surface area contributed by atoms with Crippen LogP contribution in [-0.2, 0) is 32.0 Å². The summed E-state index contributed by atoms with van der Waals surface area (Å²) in [5.74, 6) is -0.212. The third-order valence-electron chi connectivity index (χ3n) is 6.22. The normalized spacial score (nSPS) is 16.4. The number of nitrogens with zero attached hydrogens (tertiary/aromatic N) is 1. The molecular weight excluding hydrogens is 505 g/mol. The van der Waals surface area contributed by atoms with Crippen LogP contribution in [-0.4, -0.2) is 39.8 Å². The molecule has 1 N–H and O–H groups in total. The minimum atomic E-state index is -4.38. The highest BCUT2D eigenvalue weighted by molar-refractivity contribution is 7.91. The van der Waals surface area contributed by atoms with Crippen LogP contribution in [0.15, 0.2) is 77.7 Å². The molecule has 196 valence electrons. The molecule has 0 radical (unpaired) electrons. The summed E-state index contributed by atoms with van der Waals surface area (Å²) in [6, 6.07) is 18.6. The molecular formula is C27H27F3N2O4S. The first kappa shape index (κ1) is 26.7. The number of carbonyl (C=O) groups excluding carboxylic acids is 1. The summed E-state index contributed by atoms with van der Waals surface area (Å²) in [5, 5.41) is 2.84. The third kappa shape index (κ3) is 6.69. The molecule has 1 aliphatic heterocycles. The number of anilines is 2. The van der Waals surface area contributed by atoms with E-state index in [9.17, 15) is 26.4 Å². The summed E-state index contributed by atoms with van der Waals surface area (Å²) in [6.07, 6.45) is -4.63. The fraction of sp³-hybridized carbons (Fsp3) is 0.296. The number of rotatable bonds is 7. The molecule has 1 heterocycles. The van der Waals surface area contributed by atoms with Gasteiger partial charge in [-0.25, -0.2) is 8.42 Å². The number of amides is 1. The molecule has 0 aliphatic carbocycles. The minimum absolute atomic E-state index is 0.0169. The first-order valence-corrected chi connectivity index (χ1v) is 13.5. The summed E-state index contributed by atoms with van der Waals surface area (Å²) in [5.41, 5.74) is 2.22. The van der Waals surface area contributed by atoms with Gasteiger partial charge in [0.2, 0.25) is 5.91 Å². The number of ether oxygens (including phenoxy) is 1. The van der Waals surface area contributed by atoms with Crippen molar-refractivity contribution in [3.8, 4) is 0 Å². The number of alkyl halides is 3. The summed E-state index contributed by atoms with van der Waals surface area (Å²) in [6.45, 7) is 3.13. The van der Waals surface area contributed by atoms with Crippen LogP contribution in [0.3, 0.4) is 0 Å². The van der Waals surface area contributed by atoms with Crippen molar-refractivity contribution in [1.82, 2.24) is 0 Å². The Labute approximate surface area is 214 Å². The molecule has 4 rings (SSSR count). The van der Waals surface area contributed by atoms with E-state index in [4.69, 9.17) is 4.74 Å². The molecule has 1 amide bonds. The Bertz CT molecular complexity index is 1320. The lowest BCUT2D eigenvalue weighted by Crippen LogP contribution is -2.38. The molecule has 3 aromatic carbocycles. The molecule has 3 aromatic rings. The highest BCUT2D eigenvalue weighted by atomic mass is 32.2. The highest BCUT2D eigenvalue weighted by Gasteiger charge is 2.31. The first-order valence-electron chi connectivity index (χ1n) is 11.8. The van der Waals surface area contributed by atoms with Gasteiger partial charge in [-0.05, 0) is 59.7 Å². The molecule has 1 saturated heterocycles. The van der Waals surface area contributed by atoms with Crippen molar-refractivity contribution in [1.29, 1.82) is 0 Å². The monoisotopic (exact) mass is 532 g/mol. The zero-order chi connectivity index (χ0) is 26.6. The van der Waals surface area contributed by atoms with Gasteiger partial charge < -0.3 is 15.0 Å². The van der Waals surface area contributed by atoms with Crippen molar-refractivity contribution >= 4 is 27.1 Å². The van der Waals surface area contributed by atoms with Gasteiger partial charge in [0.25, 0.3) is 0 Å². The van der Waals surface area contributed by atoms with Crippen molar-refractivity contribution < 1.29 is 31.1 Å². The van der Waals surface area contributed by atoms with E-state index < -0.39 is 21.6 Å². The van der Waals surface area contributed by atoms with Crippen molar-refractivity contribution in [3.05, 3.63) is 89.5 Å². The average Bonchev–Trinajstić information content (AvgIpc) is 2.89. The maximum Gasteiger partial charge on any atom is 0.416 e. The average molecular weight is 533 g/mol. The molecule has 6 nitrogen and oxygen atoms in total. The van der Waals surface area contributed by atoms with Crippen LogP contribution in [0.25, 0.3) is 0 Å². The quantitative estimate of drug-likeness (QED) is 0.450. The maximum absolute atomic E-state index is 12.8. The lowest BCUT2D eigenvalue weighted by Gasteiger charge is -2.35. The van der Waals surface area contributed by atoms with Crippen molar-refractivity contribution in [2.45, 2.75) is 30.5 Å². The number of halogens is 3. The van der Waals surface area contributed by atoms with Crippen LogP contribution in [0.4, 0.5) is 24.5 Å². The Hall–Kier alpha value is -3.37. The SMILES string of the molecule is CCS(=O)(=O)c1ccc(CC(=O)Nc2ccc(N3CCOC(c4ccc(C(F)(F)F)cc4)C3)cc2)cc1. The third-order valence-corrected chi connectivity index (χ3v) is 7.97. The molecule has 1 unspecified atom stereocenters. The number of sulfone groups is 1. The van der Waals surface area contributed by atoms with Gasteiger partial charge in [0.1, 0.15) is 6.10 Å². The van der Waals surface area contributed by atoms with Gasteiger partial charge in [-0.3, -0.25) is 4.79 Å². The predicted octanol–water partition coefficient (Wildman–Crippen LogP) is 5.26. The Kier molecular flexibility index (Phi) is 7.89. The van der Waals surface area contributed by atoms with Gasteiger partial charge in [0, 0.05) is 24.5 Å². The molecule has 0 spiro atoms. The molecule has 0 bridgehead atoms. The number of benzene rings is 3. The van der Waals surface area contributed by atoms with Gasteiger partial charge in [-0.2, -0.15) is 13.2 Å². The summed E-state index contributed by atoms with van der Waals surface area (Å²) >= 11 is 0. The second-order valence-electron chi connectivity index (χ2n) is 8.74. The van der Waals surface area contributed by atoms with Gasteiger partial charge in [-0.1, -0.05) is 31.2 Å². The van der Waals surface area contributed by atoms with Crippen LogP contribution in [0, 0.1) is 0 Å². The number of carbonyl (C=O) groups is 1. The van der Waals surface area contributed by atoms with Gasteiger partial charge in [0.05, 0.1) is 29.2 Å². The topological polar surface area (TPSA) is 75.7 Å². The maximum atomic E-state index is 12.8. The zero-order valence-electron chi connectivity index (χ0n) is 20.2. The van der Waals surface area contributed by atoms with E-state index in [0.29, 0.717) is 36.5 Å². The molecule has 1 fully saturated rings. The molecule has 10 heteroatoms. The Morgan fingerprint density at radius 2 is 1.65 bits per heavy atom. The highest BCUT2D eigenvalue weighted by Crippen LogP contribution is 2.32. The van der Waals surface area contributed by atoms with Gasteiger partial charge in [-0.15, -0.1) is 0 Å². The van der Waals surface area contributed by atoms with E-state index in [2.05, 4.69) is 10.2 Å². The summed E-state index contributed by atoms with van der Waals surface area (Å²) in [7, 11) is -3.29. The Balaban J connectivity index is 1.34. The van der Waals surface area contributed by atoms with E-state index in [-0.39, 0.29) is 29.1 Å². The second-order valence-corrected chi connectivity index (χ2v) is 11.0. The number of nitrogens with one attached hydrogen (secondary N) is 1. The van der Waals surface area contributed by atoms with E-state index in [0.717, 1.165) is 17.8 Å². The summed E-state index contributed by atoms with van der Waals surface area (Å²) in [4.78, 5) is 14.8. The van der Waals surface area contributed by atoms with E-state index >= 15 is 0 Å². The Morgan fingerprint density at radius 1 is 1.00 bits per heavy atom. The minimum Gasteiger partial charge on any atom is -0.370 e. The van der Waals surface area contributed by atoms with Crippen LogP contribution in [0.5, 0.6) is 0 Å². The standard InChI is InChI=1S/C27H27F3N2O4S/c1-2-37(34,35)24-13-3-19(4-14-24)17-26(33)31-22-9-11-23(12-10-22)32-15-16-36-25(18-32)20-5-7-21(8-6-20)27(28,29)30/h3-14,25H,2,15-18H2,1H3,(H,31,33). The number of hydrogen-bond acceptors (Lipinski definition) is 5. The fourth-order valence-electron chi connectivity index (χ4n) is 4.10. The van der Waals surface area contributed by atoms with Crippen molar-refractivity contribution in [2.75, 3.05) is 35.7 Å². The smallest absolute Gasteiger partial charge is 0.370 e. The largest absolute Gasteiger partial charge is 0.416 e. The number of morpholine rings is 1. The number of hydrogen-bond donors (Lipinski definition) is 1. The molecule has 1 aliphatic rings.